The van der Waals surface area contributed by atoms with Crippen LogP contribution in [0.1, 0.15) is 33.1 Å². The second-order valence-corrected chi connectivity index (χ2v) is 2.96. The highest BCUT2D eigenvalue weighted by Crippen LogP contribution is 2.15. The minimum Gasteiger partial charge on any atom is -0.467 e. The number of aliphatic hydroxyl groups is 1. The molecular weight excluding hydrogens is 156 g/mol. The zero-order valence-corrected chi connectivity index (χ0v) is 8.04. The molecule has 72 valence electrons. The SMILES string of the molecule is CCC(CC)CC(O)C(=O)OC. The summed E-state index contributed by atoms with van der Waals surface area (Å²) in [6, 6.07) is 0. The molecule has 1 atom stereocenters. The lowest BCUT2D eigenvalue weighted by molar-refractivity contribution is -0.151. The molecule has 0 saturated heterocycles. The fraction of sp³-hybridized carbons (Fsp3) is 0.889. The number of aliphatic hydroxyl groups excluding tert-OH is 1. The maximum absolute atomic E-state index is 10.8. The van der Waals surface area contributed by atoms with E-state index in [2.05, 4.69) is 18.6 Å². The molecule has 3 nitrogen and oxygen atoms in total. The Balaban J connectivity index is 3.80. The summed E-state index contributed by atoms with van der Waals surface area (Å²) in [6.45, 7) is 4.11. The van der Waals surface area contributed by atoms with E-state index >= 15 is 0 Å². The van der Waals surface area contributed by atoms with Crippen molar-refractivity contribution in [2.75, 3.05) is 7.11 Å². The molecule has 0 aliphatic rings. The Morgan fingerprint density at radius 2 is 1.92 bits per heavy atom. The second-order valence-electron chi connectivity index (χ2n) is 2.96. The lowest BCUT2D eigenvalue weighted by Gasteiger charge is -2.15. The van der Waals surface area contributed by atoms with Crippen LogP contribution >= 0.6 is 0 Å². The van der Waals surface area contributed by atoms with Crippen molar-refractivity contribution < 1.29 is 14.6 Å². The minimum atomic E-state index is -0.945. The zero-order chi connectivity index (χ0) is 9.56. The quantitative estimate of drug-likeness (QED) is 0.640. The Kier molecular flexibility index (Phi) is 5.72. The first kappa shape index (κ1) is 11.4. The summed E-state index contributed by atoms with van der Waals surface area (Å²) in [6.07, 6.45) is 1.55. The van der Waals surface area contributed by atoms with Gasteiger partial charge in [0.2, 0.25) is 0 Å². The number of hydrogen-bond donors (Lipinski definition) is 1. The monoisotopic (exact) mass is 174 g/mol. The van der Waals surface area contributed by atoms with Gasteiger partial charge in [0.15, 0.2) is 6.10 Å². The molecule has 0 aliphatic heterocycles. The molecule has 0 radical (unpaired) electrons. The molecule has 0 aliphatic carbocycles. The van der Waals surface area contributed by atoms with Gasteiger partial charge in [0.25, 0.3) is 0 Å². The van der Waals surface area contributed by atoms with Crippen molar-refractivity contribution in [1.29, 1.82) is 0 Å². The van der Waals surface area contributed by atoms with E-state index in [1.54, 1.807) is 0 Å². The third-order valence-electron chi connectivity index (χ3n) is 2.18. The Morgan fingerprint density at radius 1 is 1.42 bits per heavy atom. The minimum absolute atomic E-state index is 0.416. The van der Waals surface area contributed by atoms with Crippen LogP contribution in [0, 0.1) is 5.92 Å². The summed E-state index contributed by atoms with van der Waals surface area (Å²) in [5.41, 5.74) is 0. The van der Waals surface area contributed by atoms with Gasteiger partial charge in [-0.05, 0) is 12.3 Å². The Morgan fingerprint density at radius 3 is 2.25 bits per heavy atom. The summed E-state index contributed by atoms with van der Waals surface area (Å²) in [5, 5.41) is 9.28. The smallest absolute Gasteiger partial charge is 0.334 e. The summed E-state index contributed by atoms with van der Waals surface area (Å²) >= 11 is 0. The normalized spacial score (nSPS) is 13.1. The van der Waals surface area contributed by atoms with Crippen molar-refractivity contribution in [3.05, 3.63) is 0 Å². The molecule has 0 saturated carbocycles. The van der Waals surface area contributed by atoms with Crippen LogP contribution in [0.25, 0.3) is 0 Å². The van der Waals surface area contributed by atoms with E-state index in [-0.39, 0.29) is 0 Å². The third kappa shape index (κ3) is 3.72. The Hall–Kier alpha value is -0.570. The molecule has 0 rings (SSSR count). The van der Waals surface area contributed by atoms with E-state index in [0.29, 0.717) is 12.3 Å². The van der Waals surface area contributed by atoms with Crippen molar-refractivity contribution in [2.45, 2.75) is 39.2 Å². The number of ether oxygens (including phenoxy) is 1. The van der Waals surface area contributed by atoms with Gasteiger partial charge in [-0.25, -0.2) is 4.79 Å². The van der Waals surface area contributed by atoms with Gasteiger partial charge in [-0.3, -0.25) is 0 Å². The van der Waals surface area contributed by atoms with Gasteiger partial charge in [-0.1, -0.05) is 26.7 Å². The highest BCUT2D eigenvalue weighted by molar-refractivity contribution is 5.74. The maximum atomic E-state index is 10.8. The molecule has 0 amide bonds. The van der Waals surface area contributed by atoms with Gasteiger partial charge < -0.3 is 9.84 Å². The topological polar surface area (TPSA) is 46.5 Å². The van der Waals surface area contributed by atoms with Gasteiger partial charge in [0, 0.05) is 0 Å². The average molecular weight is 174 g/mol. The molecule has 0 fully saturated rings. The van der Waals surface area contributed by atoms with E-state index in [1.807, 2.05) is 0 Å². The van der Waals surface area contributed by atoms with Gasteiger partial charge in [0.1, 0.15) is 0 Å². The molecule has 0 spiro atoms. The zero-order valence-electron chi connectivity index (χ0n) is 8.04. The van der Waals surface area contributed by atoms with Crippen LogP contribution in [-0.2, 0) is 9.53 Å². The standard InChI is InChI=1S/C9H18O3/c1-4-7(5-2)6-8(10)9(11)12-3/h7-8,10H,4-6H2,1-3H3. The Bertz CT molecular complexity index is 130. The first-order valence-corrected chi connectivity index (χ1v) is 4.41. The number of hydrogen-bond acceptors (Lipinski definition) is 3. The van der Waals surface area contributed by atoms with Crippen molar-refractivity contribution in [1.82, 2.24) is 0 Å². The molecule has 3 heteroatoms. The van der Waals surface area contributed by atoms with Crippen molar-refractivity contribution >= 4 is 5.97 Å². The van der Waals surface area contributed by atoms with Gasteiger partial charge in [-0.2, -0.15) is 0 Å². The fourth-order valence-electron chi connectivity index (χ4n) is 1.17. The number of methoxy groups -OCH3 is 1. The molecule has 12 heavy (non-hydrogen) atoms. The highest BCUT2D eigenvalue weighted by Gasteiger charge is 2.18. The van der Waals surface area contributed by atoms with Crippen molar-refractivity contribution in [3.63, 3.8) is 0 Å². The molecule has 0 heterocycles. The van der Waals surface area contributed by atoms with E-state index in [1.165, 1.54) is 7.11 Å². The third-order valence-corrected chi connectivity index (χ3v) is 2.18. The lowest BCUT2D eigenvalue weighted by atomic mass is 9.96. The number of rotatable bonds is 5. The Labute approximate surface area is 73.7 Å². The predicted octanol–water partition coefficient (Wildman–Crippen LogP) is 1.35. The van der Waals surface area contributed by atoms with E-state index in [0.717, 1.165) is 12.8 Å². The fourth-order valence-corrected chi connectivity index (χ4v) is 1.17. The molecule has 0 bridgehead atoms. The number of carbonyl (C=O) groups excluding carboxylic acids is 1. The first-order valence-electron chi connectivity index (χ1n) is 4.41. The molecule has 0 aromatic carbocycles. The summed E-state index contributed by atoms with van der Waals surface area (Å²) in [4.78, 5) is 10.8. The van der Waals surface area contributed by atoms with Crippen LogP contribution < -0.4 is 0 Å². The molecule has 1 N–H and O–H groups in total. The summed E-state index contributed by atoms with van der Waals surface area (Å²) < 4.78 is 4.41. The summed E-state index contributed by atoms with van der Waals surface area (Å²) in [5.74, 6) is -0.110. The molecule has 0 aromatic heterocycles. The van der Waals surface area contributed by atoms with Crippen LogP contribution in [0.15, 0.2) is 0 Å². The number of esters is 1. The van der Waals surface area contributed by atoms with E-state index in [4.69, 9.17) is 0 Å². The maximum Gasteiger partial charge on any atom is 0.334 e. The van der Waals surface area contributed by atoms with Crippen LogP contribution in [-0.4, -0.2) is 24.3 Å². The van der Waals surface area contributed by atoms with Crippen LogP contribution in [0.2, 0.25) is 0 Å². The van der Waals surface area contributed by atoms with E-state index < -0.39 is 12.1 Å². The van der Waals surface area contributed by atoms with E-state index in [9.17, 15) is 9.90 Å². The van der Waals surface area contributed by atoms with Crippen LogP contribution in [0.3, 0.4) is 0 Å². The average Bonchev–Trinajstić information content (AvgIpc) is 2.12. The predicted molar refractivity (Wildman–Crippen MR) is 46.7 cm³/mol. The number of carbonyl (C=O) groups is 1. The van der Waals surface area contributed by atoms with Gasteiger partial charge in [0.05, 0.1) is 7.11 Å². The van der Waals surface area contributed by atoms with Gasteiger partial charge >= 0.3 is 5.97 Å². The van der Waals surface area contributed by atoms with Crippen LogP contribution in [0.4, 0.5) is 0 Å². The van der Waals surface area contributed by atoms with Crippen molar-refractivity contribution in [2.24, 2.45) is 5.92 Å². The largest absolute Gasteiger partial charge is 0.467 e. The van der Waals surface area contributed by atoms with Gasteiger partial charge in [-0.15, -0.1) is 0 Å². The van der Waals surface area contributed by atoms with Crippen molar-refractivity contribution in [3.8, 4) is 0 Å². The molecule has 1 unspecified atom stereocenters. The highest BCUT2D eigenvalue weighted by atomic mass is 16.5. The lowest BCUT2D eigenvalue weighted by Crippen LogP contribution is -2.24. The molecular formula is C9H18O3. The molecule has 0 aromatic rings. The first-order chi connectivity index (χ1) is 5.65. The van der Waals surface area contributed by atoms with Crippen LogP contribution in [0.5, 0.6) is 0 Å². The second kappa shape index (κ2) is 6.00. The summed E-state index contributed by atoms with van der Waals surface area (Å²) in [7, 11) is 1.29.